The minimum Gasteiger partial charge on any atom is -0.389 e. The van der Waals surface area contributed by atoms with Crippen molar-refractivity contribution in [3.05, 3.63) is 24.3 Å². The zero-order valence-corrected chi connectivity index (χ0v) is 67.7. The molecule has 0 bridgehead atoms. The molecule has 1 aromatic rings. The number of rotatable bonds is 86. The summed E-state index contributed by atoms with van der Waals surface area (Å²) in [5.41, 5.74) is 1.76. The molecule has 0 fully saturated rings. The van der Waals surface area contributed by atoms with Crippen LogP contribution in [-0.2, 0) is 18.9 Å². The fourth-order valence-corrected chi connectivity index (χ4v) is 14.6. The first-order chi connectivity index (χ1) is 49.3. The van der Waals surface area contributed by atoms with Gasteiger partial charge >= 0.3 is 0 Å². The molecule has 0 aliphatic carbocycles. The van der Waals surface area contributed by atoms with E-state index in [1.54, 1.807) is 0 Å². The smallest absolute Gasteiger partial charge is 0.0948 e. The second-order valence-corrected chi connectivity index (χ2v) is 31.5. The summed E-state index contributed by atoms with van der Waals surface area (Å²) >= 11 is 0. The molecule has 0 heterocycles. The van der Waals surface area contributed by atoms with E-state index in [1.807, 2.05) is 24.3 Å². The van der Waals surface area contributed by atoms with Crippen LogP contribution in [-0.4, -0.2) is 124 Å². The molecule has 10 nitrogen and oxygen atoms in total. The number of anilines is 2. The van der Waals surface area contributed by atoms with E-state index in [2.05, 4.69) is 37.5 Å². The predicted octanol–water partition coefficient (Wildman–Crippen LogP) is 25.9. The van der Waals surface area contributed by atoms with Crippen molar-refractivity contribution in [2.45, 2.75) is 463 Å². The van der Waals surface area contributed by atoms with E-state index in [0.717, 1.165) is 62.7 Å². The molecule has 1 aromatic carbocycles. The van der Waals surface area contributed by atoms with Gasteiger partial charge in [-0.1, -0.05) is 413 Å². The van der Waals surface area contributed by atoms with Crippen LogP contribution in [0.4, 0.5) is 11.4 Å². The molecule has 4 unspecified atom stereocenters. The lowest BCUT2D eigenvalue weighted by Crippen LogP contribution is -2.42. The monoisotopic (exact) mass is 1410 g/mol. The third-order valence-electron chi connectivity index (χ3n) is 21.1. The van der Waals surface area contributed by atoms with Crippen LogP contribution in [0.1, 0.15) is 439 Å². The Kier molecular flexibility index (Phi) is 77.3. The van der Waals surface area contributed by atoms with Crippen molar-refractivity contribution < 1.29 is 39.4 Å². The van der Waals surface area contributed by atoms with Gasteiger partial charge in [0.2, 0.25) is 0 Å². The summed E-state index contributed by atoms with van der Waals surface area (Å²) in [6, 6.07) is 8.15. The van der Waals surface area contributed by atoms with Crippen LogP contribution in [0.25, 0.3) is 0 Å². The van der Waals surface area contributed by atoms with Crippen LogP contribution in [0.3, 0.4) is 0 Å². The van der Waals surface area contributed by atoms with E-state index >= 15 is 0 Å². The molecule has 0 aromatic heterocycles. The van der Waals surface area contributed by atoms with Gasteiger partial charge in [-0.2, -0.15) is 0 Å². The molecule has 4 N–H and O–H groups in total. The Morgan fingerprint density at radius 3 is 0.450 bits per heavy atom. The maximum absolute atomic E-state index is 11.5. The van der Waals surface area contributed by atoms with Crippen molar-refractivity contribution in [3.8, 4) is 0 Å². The van der Waals surface area contributed by atoms with Crippen LogP contribution in [0.15, 0.2) is 24.3 Å². The van der Waals surface area contributed by atoms with Crippen molar-refractivity contribution in [1.82, 2.24) is 0 Å². The fourth-order valence-electron chi connectivity index (χ4n) is 14.6. The summed E-state index contributed by atoms with van der Waals surface area (Å²) in [7, 11) is 0. The van der Waals surface area contributed by atoms with Crippen LogP contribution in [0.5, 0.6) is 0 Å². The van der Waals surface area contributed by atoms with Gasteiger partial charge in [0, 0.05) is 64.0 Å². The van der Waals surface area contributed by atoms with Crippen LogP contribution < -0.4 is 9.80 Å². The molecule has 0 spiro atoms. The Hall–Kier alpha value is -1.50. The van der Waals surface area contributed by atoms with E-state index < -0.39 is 24.4 Å². The topological polar surface area (TPSA) is 124 Å². The Morgan fingerprint density at radius 1 is 0.200 bits per heavy atom. The summed E-state index contributed by atoms with van der Waals surface area (Å²) < 4.78 is 24.4. The molecule has 4 atom stereocenters. The molecule has 0 radical (unpaired) electrons. The van der Waals surface area contributed by atoms with Gasteiger partial charge in [0.25, 0.3) is 0 Å². The number of benzene rings is 1. The predicted molar refractivity (Wildman–Crippen MR) is 436 cm³/mol. The van der Waals surface area contributed by atoms with Crippen molar-refractivity contribution in [2.75, 3.05) is 88.8 Å². The Balaban J connectivity index is 2.83. The van der Waals surface area contributed by atoms with Gasteiger partial charge in [-0.3, -0.25) is 0 Å². The highest BCUT2D eigenvalue weighted by molar-refractivity contribution is 5.57. The molecular formula is C90H176N2O8. The first-order valence-corrected chi connectivity index (χ1v) is 45.0. The van der Waals surface area contributed by atoms with Gasteiger partial charge in [0.1, 0.15) is 0 Å². The number of ether oxygens (including phenoxy) is 4. The summed E-state index contributed by atoms with van der Waals surface area (Å²) in [5, 5.41) is 45.9. The van der Waals surface area contributed by atoms with Crippen LogP contribution in [0, 0.1) is 0 Å². The average Bonchev–Trinajstić information content (AvgIpc) is 0.848. The van der Waals surface area contributed by atoms with Crippen LogP contribution >= 0.6 is 0 Å². The second kappa shape index (κ2) is 80.0. The van der Waals surface area contributed by atoms with Gasteiger partial charge in [0.15, 0.2) is 0 Å². The fraction of sp³-hybridized carbons (Fsp3) is 0.933. The molecular weight excluding hydrogens is 1240 g/mol. The second-order valence-electron chi connectivity index (χ2n) is 31.5. The van der Waals surface area contributed by atoms with E-state index in [9.17, 15) is 20.4 Å². The van der Waals surface area contributed by atoms with Gasteiger partial charge in [0.05, 0.1) is 50.8 Å². The first-order valence-electron chi connectivity index (χ1n) is 45.0. The Morgan fingerprint density at radius 2 is 0.320 bits per heavy atom. The molecule has 0 aliphatic rings. The number of hydrogen-bond donors (Lipinski definition) is 4. The lowest BCUT2D eigenvalue weighted by molar-refractivity contribution is 0.0282. The van der Waals surface area contributed by atoms with Crippen molar-refractivity contribution in [2.24, 2.45) is 0 Å². The standard InChI is InChI=1S/C90H176N2O8/c1-5-9-13-17-21-25-29-33-37-41-45-49-53-57-61-65-73-97-81-87(93)77-91(78-88(94)82-98-74-66-62-58-54-50-46-42-38-34-30-26-22-18-14-10-6-2)85-69-71-86(72-70-85)92(79-89(95)83-99-75-67-63-59-55-51-47-43-39-35-31-27-23-19-15-11-7-3)80-90(96)84-100-76-68-64-60-56-52-48-44-40-36-32-28-24-20-16-12-8-4/h69-72,87-90,93-96H,5-68,73-84H2,1-4H3. The third-order valence-corrected chi connectivity index (χ3v) is 21.1. The van der Waals surface area contributed by atoms with Crippen molar-refractivity contribution >= 4 is 11.4 Å². The lowest BCUT2D eigenvalue weighted by atomic mass is 10.0. The summed E-state index contributed by atoms with van der Waals surface area (Å²) in [6.45, 7) is 13.9. The summed E-state index contributed by atoms with van der Waals surface area (Å²) in [5.74, 6) is 0. The Labute approximate surface area is 623 Å². The molecule has 0 amide bonds. The van der Waals surface area contributed by atoms with E-state index in [-0.39, 0.29) is 26.4 Å². The maximum atomic E-state index is 11.5. The molecule has 10 heteroatoms. The normalized spacial score (nSPS) is 13.0. The zero-order valence-electron chi connectivity index (χ0n) is 67.7. The van der Waals surface area contributed by atoms with Gasteiger partial charge < -0.3 is 49.2 Å². The van der Waals surface area contributed by atoms with Gasteiger partial charge in [-0.25, -0.2) is 0 Å². The number of aliphatic hydroxyl groups excluding tert-OH is 4. The highest BCUT2D eigenvalue weighted by Crippen LogP contribution is 2.25. The molecule has 0 saturated carbocycles. The van der Waals surface area contributed by atoms with Gasteiger partial charge in [-0.05, 0) is 49.9 Å². The molecule has 100 heavy (non-hydrogen) atoms. The minimum absolute atomic E-state index is 0.242. The summed E-state index contributed by atoms with van der Waals surface area (Å²) in [4.78, 5) is 4.12. The maximum Gasteiger partial charge on any atom is 0.0948 e. The average molecular weight is 1410 g/mol. The molecule has 0 aliphatic heterocycles. The number of hydrogen-bond acceptors (Lipinski definition) is 10. The van der Waals surface area contributed by atoms with Crippen molar-refractivity contribution in [3.63, 3.8) is 0 Å². The van der Waals surface area contributed by atoms with Gasteiger partial charge in [-0.15, -0.1) is 0 Å². The largest absolute Gasteiger partial charge is 0.389 e. The molecule has 0 saturated heterocycles. The zero-order chi connectivity index (χ0) is 72.0. The van der Waals surface area contributed by atoms with Crippen molar-refractivity contribution in [1.29, 1.82) is 0 Å². The van der Waals surface area contributed by atoms with Crippen LogP contribution in [0.2, 0.25) is 0 Å². The van der Waals surface area contributed by atoms with E-state index in [0.29, 0.717) is 52.6 Å². The van der Waals surface area contributed by atoms with E-state index in [1.165, 1.54) is 360 Å². The molecule has 1 rings (SSSR count). The minimum atomic E-state index is -0.737. The lowest BCUT2D eigenvalue weighted by Gasteiger charge is -2.32. The molecule has 594 valence electrons. The Bertz CT molecular complexity index is 1460. The first kappa shape index (κ1) is 96.5. The summed E-state index contributed by atoms with van der Waals surface area (Å²) in [6.07, 6.45) is 82.4. The number of nitrogens with zero attached hydrogens (tertiary/aromatic N) is 2. The highest BCUT2D eigenvalue weighted by atomic mass is 16.5. The highest BCUT2D eigenvalue weighted by Gasteiger charge is 2.21. The SMILES string of the molecule is CCCCCCCCCCCCCCCCCCOCC(O)CN(CC(O)COCCCCCCCCCCCCCCCCCC)c1ccc(N(CC(O)COCCCCCCCCCCCCCCCCCC)CC(O)COCCCCCCCCCCCCCCCCCC)cc1. The number of aliphatic hydroxyl groups is 4. The quantitative estimate of drug-likeness (QED) is 0.0469. The third kappa shape index (κ3) is 69.5. The number of unbranched alkanes of at least 4 members (excludes halogenated alkanes) is 60. The van der Waals surface area contributed by atoms with E-state index in [4.69, 9.17) is 18.9 Å².